The van der Waals surface area contributed by atoms with Crippen molar-refractivity contribution in [2.45, 2.75) is 32.6 Å². The Hall–Kier alpha value is -0.570. The molecule has 1 aliphatic heterocycles. The summed E-state index contributed by atoms with van der Waals surface area (Å²) >= 11 is 0. The quantitative estimate of drug-likeness (QED) is 0.758. The Balaban J connectivity index is 1.81. The zero-order valence-electron chi connectivity index (χ0n) is 9.61. The Kier molecular flexibility index (Phi) is 3.29. The molecule has 2 unspecified atom stereocenters. The van der Waals surface area contributed by atoms with E-state index in [0.29, 0.717) is 24.3 Å². The molecule has 2 rings (SSSR count). The second-order valence-electron chi connectivity index (χ2n) is 5.27. The summed E-state index contributed by atoms with van der Waals surface area (Å²) in [4.78, 5) is 13.9. The van der Waals surface area contributed by atoms with Gasteiger partial charge in [0.05, 0.1) is 0 Å². The molecular weight excluding hydrogens is 188 g/mol. The zero-order chi connectivity index (χ0) is 10.8. The minimum absolute atomic E-state index is 0.360. The van der Waals surface area contributed by atoms with E-state index in [-0.39, 0.29) is 0 Å². The number of likely N-dealkylation sites (tertiary alicyclic amines) is 1. The maximum Gasteiger partial charge on any atom is 0.222 e. The van der Waals surface area contributed by atoms with Crippen LogP contribution in [0.5, 0.6) is 0 Å². The van der Waals surface area contributed by atoms with Gasteiger partial charge in [0.2, 0.25) is 5.91 Å². The molecule has 3 heteroatoms. The van der Waals surface area contributed by atoms with Gasteiger partial charge in [-0.25, -0.2) is 0 Å². The van der Waals surface area contributed by atoms with E-state index in [1.807, 2.05) is 4.90 Å². The van der Waals surface area contributed by atoms with Gasteiger partial charge in [0.15, 0.2) is 0 Å². The molecule has 0 bridgehead atoms. The van der Waals surface area contributed by atoms with Crippen molar-refractivity contribution in [1.82, 2.24) is 4.90 Å². The van der Waals surface area contributed by atoms with Gasteiger partial charge in [-0.05, 0) is 43.6 Å². The summed E-state index contributed by atoms with van der Waals surface area (Å²) in [7, 11) is 0. The fourth-order valence-corrected chi connectivity index (χ4v) is 2.52. The van der Waals surface area contributed by atoms with Gasteiger partial charge in [-0.15, -0.1) is 0 Å². The van der Waals surface area contributed by atoms with E-state index >= 15 is 0 Å². The predicted octanol–water partition coefficient (Wildman–Crippen LogP) is 1.23. The number of hydrogen-bond acceptors (Lipinski definition) is 2. The zero-order valence-corrected chi connectivity index (χ0v) is 9.61. The summed E-state index contributed by atoms with van der Waals surface area (Å²) < 4.78 is 0. The second-order valence-corrected chi connectivity index (χ2v) is 5.27. The molecule has 3 nitrogen and oxygen atoms in total. The van der Waals surface area contributed by atoms with Gasteiger partial charge in [0.1, 0.15) is 0 Å². The molecule has 15 heavy (non-hydrogen) atoms. The molecule has 2 N–H and O–H groups in total. The average molecular weight is 210 g/mol. The first-order chi connectivity index (χ1) is 7.20. The van der Waals surface area contributed by atoms with Gasteiger partial charge >= 0.3 is 0 Å². The van der Waals surface area contributed by atoms with Crippen molar-refractivity contribution in [2.24, 2.45) is 23.5 Å². The molecule has 0 aromatic rings. The van der Waals surface area contributed by atoms with Crippen LogP contribution in [0.15, 0.2) is 0 Å². The SMILES string of the molecule is CC(CN)CN1CCC(C2CC2)CC1=O. The van der Waals surface area contributed by atoms with Crippen molar-refractivity contribution >= 4 is 5.91 Å². The van der Waals surface area contributed by atoms with E-state index in [2.05, 4.69) is 6.92 Å². The first-order valence-corrected chi connectivity index (χ1v) is 6.18. The molecule has 1 saturated carbocycles. The lowest BCUT2D eigenvalue weighted by molar-refractivity contribution is -0.135. The Morgan fingerprint density at radius 3 is 2.67 bits per heavy atom. The molecule has 2 atom stereocenters. The summed E-state index contributed by atoms with van der Waals surface area (Å²) in [5.74, 6) is 2.37. The smallest absolute Gasteiger partial charge is 0.222 e. The number of rotatable bonds is 4. The van der Waals surface area contributed by atoms with E-state index < -0.39 is 0 Å². The molecule has 2 aliphatic rings. The third-order valence-corrected chi connectivity index (χ3v) is 3.78. The second kappa shape index (κ2) is 4.52. The predicted molar refractivity (Wildman–Crippen MR) is 60.2 cm³/mol. The van der Waals surface area contributed by atoms with E-state index in [1.165, 1.54) is 19.3 Å². The lowest BCUT2D eigenvalue weighted by Gasteiger charge is -2.33. The summed E-state index contributed by atoms with van der Waals surface area (Å²) in [6.07, 6.45) is 4.73. The topological polar surface area (TPSA) is 46.3 Å². The summed E-state index contributed by atoms with van der Waals surface area (Å²) in [6.45, 7) is 4.60. The van der Waals surface area contributed by atoms with Crippen LogP contribution in [0, 0.1) is 17.8 Å². The Morgan fingerprint density at radius 2 is 2.13 bits per heavy atom. The standard InChI is InChI=1S/C12H22N2O/c1-9(7-13)8-14-5-4-11(6-12(14)15)10-2-3-10/h9-11H,2-8,13H2,1H3. The highest BCUT2D eigenvalue weighted by Crippen LogP contribution is 2.42. The Morgan fingerprint density at radius 1 is 1.40 bits per heavy atom. The maximum absolute atomic E-state index is 11.9. The molecule has 0 radical (unpaired) electrons. The van der Waals surface area contributed by atoms with Gasteiger partial charge in [0, 0.05) is 19.5 Å². The minimum Gasteiger partial charge on any atom is -0.342 e. The van der Waals surface area contributed by atoms with Crippen molar-refractivity contribution in [3.05, 3.63) is 0 Å². The summed E-state index contributed by atoms with van der Waals surface area (Å²) in [6, 6.07) is 0. The Labute approximate surface area is 92.0 Å². The largest absolute Gasteiger partial charge is 0.342 e. The van der Waals surface area contributed by atoms with Gasteiger partial charge in [-0.3, -0.25) is 4.79 Å². The van der Waals surface area contributed by atoms with Gasteiger partial charge < -0.3 is 10.6 Å². The number of hydrogen-bond donors (Lipinski definition) is 1. The van der Waals surface area contributed by atoms with Gasteiger partial charge in [-0.1, -0.05) is 6.92 Å². The van der Waals surface area contributed by atoms with Gasteiger partial charge in [0.25, 0.3) is 0 Å². The van der Waals surface area contributed by atoms with Crippen LogP contribution >= 0.6 is 0 Å². The molecule has 0 aromatic carbocycles. The number of carbonyl (C=O) groups excluding carboxylic acids is 1. The summed E-state index contributed by atoms with van der Waals surface area (Å²) in [5, 5.41) is 0. The third kappa shape index (κ3) is 2.71. The van der Waals surface area contributed by atoms with Crippen LogP contribution in [-0.4, -0.2) is 30.4 Å². The van der Waals surface area contributed by atoms with Crippen LogP contribution in [0.3, 0.4) is 0 Å². The first kappa shape index (κ1) is 10.9. The summed E-state index contributed by atoms with van der Waals surface area (Å²) in [5.41, 5.74) is 5.58. The lowest BCUT2D eigenvalue weighted by atomic mass is 9.91. The highest BCUT2D eigenvalue weighted by Gasteiger charge is 2.36. The minimum atomic E-state index is 0.360. The molecule has 1 amide bonds. The van der Waals surface area contributed by atoms with Crippen LogP contribution in [0.1, 0.15) is 32.6 Å². The van der Waals surface area contributed by atoms with Crippen molar-refractivity contribution in [3.8, 4) is 0 Å². The molecule has 1 aliphatic carbocycles. The van der Waals surface area contributed by atoms with Crippen LogP contribution in [-0.2, 0) is 4.79 Å². The van der Waals surface area contributed by atoms with E-state index in [0.717, 1.165) is 25.4 Å². The fourth-order valence-electron chi connectivity index (χ4n) is 2.52. The number of amides is 1. The Bertz CT molecular complexity index is 238. The van der Waals surface area contributed by atoms with Crippen LogP contribution in [0.25, 0.3) is 0 Å². The highest BCUT2D eigenvalue weighted by atomic mass is 16.2. The molecule has 1 saturated heterocycles. The monoisotopic (exact) mass is 210 g/mol. The normalized spacial score (nSPS) is 29.3. The van der Waals surface area contributed by atoms with E-state index in [9.17, 15) is 4.79 Å². The lowest BCUT2D eigenvalue weighted by Crippen LogP contribution is -2.42. The van der Waals surface area contributed by atoms with Crippen LogP contribution in [0.4, 0.5) is 0 Å². The van der Waals surface area contributed by atoms with E-state index in [1.54, 1.807) is 0 Å². The molecule has 86 valence electrons. The highest BCUT2D eigenvalue weighted by molar-refractivity contribution is 5.77. The van der Waals surface area contributed by atoms with Crippen LogP contribution < -0.4 is 5.73 Å². The molecule has 0 spiro atoms. The van der Waals surface area contributed by atoms with E-state index in [4.69, 9.17) is 5.73 Å². The molecular formula is C12H22N2O. The van der Waals surface area contributed by atoms with Crippen molar-refractivity contribution in [3.63, 3.8) is 0 Å². The van der Waals surface area contributed by atoms with Crippen LogP contribution in [0.2, 0.25) is 0 Å². The fraction of sp³-hybridized carbons (Fsp3) is 0.917. The number of piperidine rings is 1. The van der Waals surface area contributed by atoms with Gasteiger partial charge in [-0.2, -0.15) is 0 Å². The maximum atomic E-state index is 11.9. The molecule has 0 aromatic heterocycles. The molecule has 2 fully saturated rings. The number of nitrogens with zero attached hydrogens (tertiary/aromatic N) is 1. The third-order valence-electron chi connectivity index (χ3n) is 3.78. The average Bonchev–Trinajstić information content (AvgIpc) is 3.04. The number of carbonyl (C=O) groups is 1. The van der Waals surface area contributed by atoms with Crippen molar-refractivity contribution in [1.29, 1.82) is 0 Å². The van der Waals surface area contributed by atoms with Crippen molar-refractivity contribution < 1.29 is 4.79 Å². The van der Waals surface area contributed by atoms with Crippen molar-refractivity contribution in [2.75, 3.05) is 19.6 Å². The number of nitrogens with two attached hydrogens (primary N) is 1. The molecule has 1 heterocycles. The first-order valence-electron chi connectivity index (χ1n) is 6.18.